The van der Waals surface area contributed by atoms with E-state index in [4.69, 9.17) is 0 Å². The molecule has 142 valence electrons. The SMILES string of the molecule is CCCCc1ccc(CC(=O)N2CCC(C(=O)c3ccccc3)CC2)cc1. The molecular weight excluding hydrogens is 334 g/mol. The van der Waals surface area contributed by atoms with Crippen molar-refractivity contribution in [2.75, 3.05) is 13.1 Å². The highest BCUT2D eigenvalue weighted by Crippen LogP contribution is 2.22. The predicted octanol–water partition coefficient (Wildman–Crippen LogP) is 4.69. The first-order chi connectivity index (χ1) is 13.2. The normalized spacial score (nSPS) is 14.9. The number of carbonyl (C=O) groups excluding carboxylic acids is 2. The molecule has 2 aromatic carbocycles. The van der Waals surface area contributed by atoms with E-state index in [9.17, 15) is 9.59 Å². The van der Waals surface area contributed by atoms with Crippen LogP contribution in [0.5, 0.6) is 0 Å². The predicted molar refractivity (Wildman–Crippen MR) is 109 cm³/mol. The fourth-order valence-electron chi connectivity index (χ4n) is 3.72. The molecular formula is C24H29NO2. The van der Waals surface area contributed by atoms with Crippen molar-refractivity contribution in [3.63, 3.8) is 0 Å². The minimum Gasteiger partial charge on any atom is -0.342 e. The fourth-order valence-corrected chi connectivity index (χ4v) is 3.72. The third kappa shape index (κ3) is 5.29. The number of ketones is 1. The van der Waals surface area contributed by atoms with Crippen molar-refractivity contribution in [1.82, 2.24) is 4.90 Å². The lowest BCUT2D eigenvalue weighted by molar-refractivity contribution is -0.131. The number of unbranched alkanes of at least 4 members (excludes halogenated alkanes) is 1. The second kappa shape index (κ2) is 9.50. The molecule has 3 rings (SSSR count). The summed E-state index contributed by atoms with van der Waals surface area (Å²) in [7, 11) is 0. The summed E-state index contributed by atoms with van der Waals surface area (Å²) >= 11 is 0. The summed E-state index contributed by atoms with van der Waals surface area (Å²) in [5.74, 6) is 0.418. The van der Waals surface area contributed by atoms with Gasteiger partial charge in [0.2, 0.25) is 5.91 Å². The minimum absolute atomic E-state index is 0.0364. The lowest BCUT2D eigenvalue weighted by Crippen LogP contribution is -2.41. The fraction of sp³-hybridized carbons (Fsp3) is 0.417. The summed E-state index contributed by atoms with van der Waals surface area (Å²) in [5, 5.41) is 0. The van der Waals surface area contributed by atoms with Gasteiger partial charge in [0.05, 0.1) is 6.42 Å². The van der Waals surface area contributed by atoms with E-state index in [-0.39, 0.29) is 17.6 Å². The molecule has 0 atom stereocenters. The van der Waals surface area contributed by atoms with Gasteiger partial charge in [0.1, 0.15) is 0 Å². The molecule has 0 bridgehead atoms. The van der Waals surface area contributed by atoms with E-state index in [2.05, 4.69) is 31.2 Å². The van der Waals surface area contributed by atoms with Crippen molar-refractivity contribution >= 4 is 11.7 Å². The van der Waals surface area contributed by atoms with Crippen molar-refractivity contribution in [3.8, 4) is 0 Å². The lowest BCUT2D eigenvalue weighted by atomic mass is 9.88. The van der Waals surface area contributed by atoms with E-state index in [0.717, 1.165) is 30.4 Å². The Bertz CT molecular complexity index is 744. The van der Waals surface area contributed by atoms with Crippen LogP contribution in [-0.4, -0.2) is 29.7 Å². The number of hydrogen-bond donors (Lipinski definition) is 0. The van der Waals surface area contributed by atoms with Crippen molar-refractivity contribution < 1.29 is 9.59 Å². The first-order valence-corrected chi connectivity index (χ1v) is 10.1. The van der Waals surface area contributed by atoms with Gasteiger partial charge in [0, 0.05) is 24.6 Å². The van der Waals surface area contributed by atoms with Crippen LogP contribution >= 0.6 is 0 Å². The van der Waals surface area contributed by atoms with Crippen LogP contribution in [0, 0.1) is 5.92 Å². The molecule has 3 nitrogen and oxygen atoms in total. The summed E-state index contributed by atoms with van der Waals surface area (Å²) < 4.78 is 0. The maximum absolute atomic E-state index is 12.6. The highest BCUT2D eigenvalue weighted by atomic mass is 16.2. The number of rotatable bonds is 7. The summed E-state index contributed by atoms with van der Waals surface area (Å²) in [6, 6.07) is 17.9. The zero-order chi connectivity index (χ0) is 19.1. The molecule has 0 aliphatic carbocycles. The molecule has 0 radical (unpaired) electrons. The number of hydrogen-bond acceptors (Lipinski definition) is 2. The summed E-state index contributed by atoms with van der Waals surface area (Å²) in [4.78, 5) is 27.1. The summed E-state index contributed by atoms with van der Waals surface area (Å²) in [6.07, 6.45) is 5.47. The van der Waals surface area contributed by atoms with Crippen LogP contribution in [0.2, 0.25) is 0 Å². The van der Waals surface area contributed by atoms with Crippen LogP contribution in [0.1, 0.15) is 54.1 Å². The second-order valence-corrected chi connectivity index (χ2v) is 7.48. The Morgan fingerprint density at radius 3 is 2.19 bits per heavy atom. The van der Waals surface area contributed by atoms with Gasteiger partial charge in [-0.15, -0.1) is 0 Å². The van der Waals surface area contributed by atoms with E-state index in [1.165, 1.54) is 18.4 Å². The van der Waals surface area contributed by atoms with Gasteiger partial charge in [-0.25, -0.2) is 0 Å². The lowest BCUT2D eigenvalue weighted by Gasteiger charge is -2.31. The first-order valence-electron chi connectivity index (χ1n) is 10.1. The molecule has 1 fully saturated rings. The molecule has 0 saturated carbocycles. The molecule has 1 aliphatic heterocycles. The number of Topliss-reactive ketones (excluding diaryl/α,β-unsaturated/α-hetero) is 1. The average molecular weight is 364 g/mol. The zero-order valence-corrected chi connectivity index (χ0v) is 16.2. The average Bonchev–Trinajstić information content (AvgIpc) is 2.73. The van der Waals surface area contributed by atoms with Crippen LogP contribution < -0.4 is 0 Å². The van der Waals surface area contributed by atoms with Crippen LogP contribution in [0.4, 0.5) is 0 Å². The van der Waals surface area contributed by atoms with Gasteiger partial charge in [0.25, 0.3) is 0 Å². The Balaban J connectivity index is 1.49. The third-order valence-electron chi connectivity index (χ3n) is 5.47. The number of nitrogens with zero attached hydrogens (tertiary/aromatic N) is 1. The minimum atomic E-state index is 0.0364. The number of benzene rings is 2. The Morgan fingerprint density at radius 2 is 1.56 bits per heavy atom. The van der Waals surface area contributed by atoms with Crippen molar-refractivity contribution in [2.24, 2.45) is 5.92 Å². The maximum atomic E-state index is 12.6. The molecule has 0 spiro atoms. The van der Waals surface area contributed by atoms with Crippen LogP contribution in [0.15, 0.2) is 54.6 Å². The standard InChI is InChI=1S/C24H29NO2/c1-2-3-7-19-10-12-20(13-11-19)18-23(26)25-16-14-22(15-17-25)24(27)21-8-5-4-6-9-21/h4-6,8-13,22H,2-3,7,14-18H2,1H3. The number of amides is 1. The molecule has 1 saturated heterocycles. The van der Waals surface area contributed by atoms with Gasteiger partial charge in [0.15, 0.2) is 5.78 Å². The van der Waals surface area contributed by atoms with Crippen LogP contribution in [0.25, 0.3) is 0 Å². The number of likely N-dealkylation sites (tertiary alicyclic amines) is 1. The number of piperidine rings is 1. The molecule has 1 amide bonds. The van der Waals surface area contributed by atoms with Gasteiger partial charge < -0.3 is 4.90 Å². The topological polar surface area (TPSA) is 37.4 Å². The van der Waals surface area contributed by atoms with Gasteiger partial charge in [-0.05, 0) is 36.8 Å². The monoisotopic (exact) mass is 363 g/mol. The Kier molecular flexibility index (Phi) is 6.80. The summed E-state index contributed by atoms with van der Waals surface area (Å²) in [6.45, 7) is 3.55. The quantitative estimate of drug-likeness (QED) is 0.669. The Labute approximate surface area is 162 Å². The highest BCUT2D eigenvalue weighted by molar-refractivity contribution is 5.98. The Morgan fingerprint density at radius 1 is 0.926 bits per heavy atom. The van der Waals surface area contributed by atoms with E-state index in [1.54, 1.807) is 0 Å². The molecule has 2 aromatic rings. The molecule has 0 aromatic heterocycles. The summed E-state index contributed by atoms with van der Waals surface area (Å²) in [5.41, 5.74) is 3.20. The second-order valence-electron chi connectivity index (χ2n) is 7.48. The van der Waals surface area contributed by atoms with Crippen molar-refractivity contribution in [1.29, 1.82) is 0 Å². The molecule has 1 heterocycles. The molecule has 0 unspecified atom stereocenters. The smallest absolute Gasteiger partial charge is 0.226 e. The largest absolute Gasteiger partial charge is 0.342 e. The van der Waals surface area contributed by atoms with Crippen LogP contribution in [0.3, 0.4) is 0 Å². The number of aryl methyl sites for hydroxylation is 1. The third-order valence-corrected chi connectivity index (χ3v) is 5.47. The van der Waals surface area contributed by atoms with Crippen LogP contribution in [-0.2, 0) is 17.6 Å². The van der Waals surface area contributed by atoms with Crippen molar-refractivity contribution in [2.45, 2.75) is 45.4 Å². The van der Waals surface area contributed by atoms with E-state index >= 15 is 0 Å². The Hall–Kier alpha value is -2.42. The molecule has 1 aliphatic rings. The van der Waals surface area contributed by atoms with Gasteiger partial charge in [-0.3, -0.25) is 9.59 Å². The van der Waals surface area contributed by atoms with Gasteiger partial charge in [-0.1, -0.05) is 67.9 Å². The first kappa shape index (κ1) is 19.3. The van der Waals surface area contributed by atoms with E-state index in [1.807, 2.05) is 35.2 Å². The highest BCUT2D eigenvalue weighted by Gasteiger charge is 2.27. The van der Waals surface area contributed by atoms with E-state index in [0.29, 0.717) is 19.5 Å². The zero-order valence-electron chi connectivity index (χ0n) is 16.2. The van der Waals surface area contributed by atoms with Crippen molar-refractivity contribution in [3.05, 3.63) is 71.3 Å². The number of carbonyl (C=O) groups is 2. The van der Waals surface area contributed by atoms with E-state index < -0.39 is 0 Å². The maximum Gasteiger partial charge on any atom is 0.226 e. The van der Waals surface area contributed by atoms with Gasteiger partial charge >= 0.3 is 0 Å². The van der Waals surface area contributed by atoms with Gasteiger partial charge in [-0.2, -0.15) is 0 Å². The molecule has 27 heavy (non-hydrogen) atoms. The molecule has 3 heteroatoms. The molecule has 0 N–H and O–H groups in total.